The molecule has 4 nitrogen and oxygen atoms in total. The van der Waals surface area contributed by atoms with E-state index in [0.29, 0.717) is 0 Å². The van der Waals surface area contributed by atoms with Crippen LogP contribution in [-0.4, -0.2) is 29.1 Å². The van der Waals surface area contributed by atoms with E-state index in [2.05, 4.69) is 36.7 Å². The molecule has 0 amide bonds. The zero-order valence-corrected chi connectivity index (χ0v) is 12.6. The van der Waals surface area contributed by atoms with Crippen LogP contribution < -0.4 is 4.90 Å². The summed E-state index contributed by atoms with van der Waals surface area (Å²) in [4.78, 5) is 17.5. The third-order valence-electron chi connectivity index (χ3n) is 3.77. The topological polar surface area (TPSA) is 53.4 Å². The predicted octanol–water partition coefficient (Wildman–Crippen LogP) is 3.27. The third-order valence-corrected chi connectivity index (χ3v) is 3.77. The van der Waals surface area contributed by atoms with Crippen molar-refractivity contribution in [2.24, 2.45) is 5.41 Å². The maximum absolute atomic E-state index is 10.9. The van der Waals surface area contributed by atoms with Crippen LogP contribution in [0.3, 0.4) is 0 Å². The fourth-order valence-corrected chi connectivity index (χ4v) is 2.56. The largest absolute Gasteiger partial charge is 0.478 e. The molecule has 0 aromatic carbocycles. The van der Waals surface area contributed by atoms with Gasteiger partial charge in [-0.3, -0.25) is 0 Å². The van der Waals surface area contributed by atoms with Gasteiger partial charge in [-0.05, 0) is 30.4 Å². The molecular weight excluding hydrogens is 252 g/mol. The van der Waals surface area contributed by atoms with E-state index in [1.807, 2.05) is 6.92 Å². The first-order valence-corrected chi connectivity index (χ1v) is 6.93. The smallest absolute Gasteiger partial charge is 0.337 e. The quantitative estimate of drug-likeness (QED) is 0.841. The SMILES string of the molecule is Cc1cc(C(=O)O)cnc1N1CC=C(C(C)(C)C)CC1. The molecule has 2 heterocycles. The maximum Gasteiger partial charge on any atom is 0.337 e. The molecule has 1 N–H and O–H groups in total. The summed E-state index contributed by atoms with van der Waals surface area (Å²) < 4.78 is 0. The van der Waals surface area contributed by atoms with Crippen molar-refractivity contribution in [3.8, 4) is 0 Å². The van der Waals surface area contributed by atoms with Gasteiger partial charge in [0.1, 0.15) is 5.82 Å². The minimum Gasteiger partial charge on any atom is -0.478 e. The second kappa shape index (κ2) is 5.27. The molecule has 20 heavy (non-hydrogen) atoms. The number of aromatic carboxylic acids is 1. The minimum atomic E-state index is -0.930. The lowest BCUT2D eigenvalue weighted by Gasteiger charge is -2.33. The number of anilines is 1. The van der Waals surface area contributed by atoms with Gasteiger partial charge in [0.15, 0.2) is 0 Å². The van der Waals surface area contributed by atoms with Gasteiger partial charge < -0.3 is 10.0 Å². The first kappa shape index (κ1) is 14.6. The van der Waals surface area contributed by atoms with Crippen molar-refractivity contribution in [3.05, 3.63) is 35.0 Å². The summed E-state index contributed by atoms with van der Waals surface area (Å²) in [7, 11) is 0. The molecule has 0 saturated carbocycles. The Morgan fingerprint density at radius 1 is 1.40 bits per heavy atom. The second-order valence-corrected chi connectivity index (χ2v) is 6.35. The molecule has 0 aliphatic carbocycles. The van der Waals surface area contributed by atoms with Crippen molar-refractivity contribution in [2.45, 2.75) is 34.1 Å². The van der Waals surface area contributed by atoms with E-state index < -0.39 is 5.97 Å². The van der Waals surface area contributed by atoms with Crippen LogP contribution in [0.5, 0.6) is 0 Å². The predicted molar refractivity (Wildman–Crippen MR) is 80.3 cm³/mol. The lowest BCUT2D eigenvalue weighted by molar-refractivity contribution is 0.0696. The van der Waals surface area contributed by atoms with Gasteiger partial charge in [-0.25, -0.2) is 9.78 Å². The standard InChI is InChI=1S/C16H22N2O2/c1-11-9-12(15(19)20)10-17-14(11)18-7-5-13(6-8-18)16(2,3)4/h5,9-10H,6-8H2,1-4H3,(H,19,20). The van der Waals surface area contributed by atoms with E-state index in [1.54, 1.807) is 6.07 Å². The lowest BCUT2D eigenvalue weighted by atomic mass is 9.83. The van der Waals surface area contributed by atoms with Gasteiger partial charge >= 0.3 is 5.97 Å². The number of nitrogens with zero attached hydrogens (tertiary/aromatic N) is 2. The Morgan fingerprint density at radius 3 is 2.55 bits per heavy atom. The maximum atomic E-state index is 10.9. The molecule has 0 unspecified atom stereocenters. The number of carboxylic acid groups (broad SMARTS) is 1. The number of carboxylic acids is 1. The number of hydrogen-bond donors (Lipinski definition) is 1. The zero-order valence-electron chi connectivity index (χ0n) is 12.6. The number of rotatable bonds is 2. The van der Waals surface area contributed by atoms with Gasteiger partial charge in [0.2, 0.25) is 0 Å². The number of aromatic nitrogens is 1. The fourth-order valence-electron chi connectivity index (χ4n) is 2.56. The molecule has 0 spiro atoms. The zero-order chi connectivity index (χ0) is 14.9. The van der Waals surface area contributed by atoms with E-state index in [-0.39, 0.29) is 11.0 Å². The summed E-state index contributed by atoms with van der Waals surface area (Å²) in [6.45, 7) is 10.4. The summed E-state index contributed by atoms with van der Waals surface area (Å²) in [5.41, 5.74) is 2.86. The van der Waals surface area contributed by atoms with Crippen LogP contribution in [0.1, 0.15) is 43.1 Å². The highest BCUT2D eigenvalue weighted by Gasteiger charge is 2.22. The van der Waals surface area contributed by atoms with E-state index >= 15 is 0 Å². The molecule has 1 aromatic heterocycles. The van der Waals surface area contributed by atoms with Crippen LogP contribution in [0.25, 0.3) is 0 Å². The van der Waals surface area contributed by atoms with Crippen molar-refractivity contribution < 1.29 is 9.90 Å². The molecule has 0 fully saturated rings. The number of carbonyl (C=O) groups is 1. The van der Waals surface area contributed by atoms with E-state index in [9.17, 15) is 4.79 Å². The Bertz CT molecular complexity index is 556. The summed E-state index contributed by atoms with van der Waals surface area (Å²) >= 11 is 0. The van der Waals surface area contributed by atoms with Crippen LogP contribution >= 0.6 is 0 Å². The molecule has 0 bridgehead atoms. The van der Waals surface area contributed by atoms with Crippen LogP contribution in [0.2, 0.25) is 0 Å². The van der Waals surface area contributed by atoms with Crippen LogP contribution in [0, 0.1) is 12.3 Å². The molecular formula is C16H22N2O2. The molecule has 108 valence electrons. The minimum absolute atomic E-state index is 0.224. The van der Waals surface area contributed by atoms with Crippen LogP contribution in [-0.2, 0) is 0 Å². The highest BCUT2D eigenvalue weighted by Crippen LogP contribution is 2.31. The van der Waals surface area contributed by atoms with Gasteiger partial charge in [0, 0.05) is 19.3 Å². The first-order valence-electron chi connectivity index (χ1n) is 6.93. The Morgan fingerprint density at radius 2 is 2.10 bits per heavy atom. The average molecular weight is 274 g/mol. The van der Waals surface area contributed by atoms with E-state index in [1.165, 1.54) is 11.8 Å². The lowest BCUT2D eigenvalue weighted by Crippen LogP contribution is -2.32. The van der Waals surface area contributed by atoms with Crippen LogP contribution in [0.4, 0.5) is 5.82 Å². The average Bonchev–Trinajstić information content (AvgIpc) is 2.37. The molecule has 0 saturated heterocycles. The van der Waals surface area contributed by atoms with E-state index in [4.69, 9.17) is 5.11 Å². The first-order chi connectivity index (χ1) is 9.29. The monoisotopic (exact) mass is 274 g/mol. The van der Waals surface area contributed by atoms with Crippen LogP contribution in [0.15, 0.2) is 23.9 Å². The summed E-state index contributed by atoms with van der Waals surface area (Å²) in [5, 5.41) is 8.97. The second-order valence-electron chi connectivity index (χ2n) is 6.35. The molecule has 2 rings (SSSR count). The third kappa shape index (κ3) is 3.00. The summed E-state index contributed by atoms with van der Waals surface area (Å²) in [6.07, 6.45) is 4.74. The molecule has 1 aliphatic heterocycles. The number of aryl methyl sites for hydroxylation is 1. The van der Waals surface area contributed by atoms with Crippen molar-refractivity contribution in [1.82, 2.24) is 4.98 Å². The molecule has 0 radical (unpaired) electrons. The van der Waals surface area contributed by atoms with Gasteiger partial charge in [0.05, 0.1) is 5.56 Å². The van der Waals surface area contributed by atoms with Gasteiger partial charge in [0.25, 0.3) is 0 Å². The highest BCUT2D eigenvalue weighted by molar-refractivity contribution is 5.87. The highest BCUT2D eigenvalue weighted by atomic mass is 16.4. The molecule has 1 aromatic rings. The molecule has 1 aliphatic rings. The van der Waals surface area contributed by atoms with Gasteiger partial charge in [-0.15, -0.1) is 0 Å². The molecule has 0 atom stereocenters. The van der Waals surface area contributed by atoms with Gasteiger partial charge in [-0.1, -0.05) is 32.4 Å². The Kier molecular flexibility index (Phi) is 3.84. The van der Waals surface area contributed by atoms with Crippen molar-refractivity contribution in [3.63, 3.8) is 0 Å². The van der Waals surface area contributed by atoms with E-state index in [0.717, 1.165) is 30.9 Å². The molecule has 4 heteroatoms. The Hall–Kier alpha value is -1.84. The summed E-state index contributed by atoms with van der Waals surface area (Å²) in [5.74, 6) is -0.0417. The fraction of sp³-hybridized carbons (Fsp3) is 0.500. The van der Waals surface area contributed by atoms with Crippen molar-refractivity contribution in [1.29, 1.82) is 0 Å². The summed E-state index contributed by atoms with van der Waals surface area (Å²) in [6, 6.07) is 1.69. The number of pyridine rings is 1. The Labute approximate surface area is 120 Å². The van der Waals surface area contributed by atoms with Crippen molar-refractivity contribution in [2.75, 3.05) is 18.0 Å². The Balaban J connectivity index is 2.19. The van der Waals surface area contributed by atoms with Gasteiger partial charge in [-0.2, -0.15) is 0 Å². The normalized spacial score (nSPS) is 16.0. The number of hydrogen-bond acceptors (Lipinski definition) is 3. The van der Waals surface area contributed by atoms with Crippen molar-refractivity contribution >= 4 is 11.8 Å².